The van der Waals surface area contributed by atoms with E-state index in [2.05, 4.69) is 35.7 Å². The topological polar surface area (TPSA) is 180 Å². The molecule has 2 spiro atoms. The Balaban J connectivity index is 0.000000621. The van der Waals surface area contributed by atoms with Gasteiger partial charge in [0.1, 0.15) is 17.5 Å². The fourth-order valence-electron chi connectivity index (χ4n) is 11.2. The molecule has 4 N–H and O–H groups in total. The average molecular weight is 926 g/mol. The number of hydrogen-bond acceptors (Lipinski definition) is 12. The number of aliphatic hydroxyl groups is 1. The molecule has 0 radical (unpaired) electrons. The highest BCUT2D eigenvalue weighted by molar-refractivity contribution is 7.85. The number of imide groups is 1. The molecule has 2 atom stereocenters. The Bertz CT molecular complexity index is 2350. The Kier molecular flexibility index (Phi) is 13.0. The fourth-order valence-corrected chi connectivity index (χ4v) is 13.0. The van der Waals surface area contributed by atoms with E-state index in [9.17, 15) is 28.5 Å². The number of rotatable bonds is 11. The number of carbonyl (C=O) groups excluding carboxylic acids is 4. The highest BCUT2D eigenvalue weighted by Crippen LogP contribution is 2.55. The van der Waals surface area contributed by atoms with E-state index in [0.29, 0.717) is 55.0 Å². The van der Waals surface area contributed by atoms with Gasteiger partial charge in [-0.05, 0) is 138 Å². The zero-order chi connectivity index (χ0) is 46.4. The minimum absolute atomic E-state index is 0.0123. The third kappa shape index (κ3) is 9.44. The van der Waals surface area contributed by atoms with Crippen molar-refractivity contribution in [1.29, 1.82) is 0 Å². The Morgan fingerprint density at radius 3 is 2.24 bits per heavy atom. The number of nitrogens with zero attached hydrogens (tertiary/aromatic N) is 6. The van der Waals surface area contributed by atoms with Crippen LogP contribution in [0.4, 0.5) is 38.9 Å². The van der Waals surface area contributed by atoms with Crippen molar-refractivity contribution in [3.05, 3.63) is 54.0 Å². The summed E-state index contributed by atoms with van der Waals surface area (Å²) in [6.07, 6.45) is 16.3. The van der Waals surface area contributed by atoms with Gasteiger partial charge < -0.3 is 35.3 Å². The number of fused-ring (bicyclic) bond motifs is 2. The van der Waals surface area contributed by atoms with Gasteiger partial charge in [0.05, 0.1) is 33.2 Å². The van der Waals surface area contributed by atoms with Crippen molar-refractivity contribution in [3.8, 4) is 0 Å². The molecule has 4 aliphatic heterocycles. The molecule has 1 aromatic heterocycles. The smallest absolute Gasteiger partial charge is 0.249 e. The van der Waals surface area contributed by atoms with Crippen LogP contribution in [0.1, 0.15) is 109 Å². The lowest BCUT2D eigenvalue weighted by Crippen LogP contribution is -2.51. The molecule has 7 aliphatic rings. The van der Waals surface area contributed by atoms with Crippen molar-refractivity contribution in [2.24, 2.45) is 11.3 Å². The van der Waals surface area contributed by atoms with Gasteiger partial charge in [-0.25, -0.2) is 9.37 Å². The Morgan fingerprint density at radius 2 is 1.62 bits per heavy atom. The molecule has 10 rings (SSSR count). The van der Waals surface area contributed by atoms with Crippen molar-refractivity contribution in [3.63, 3.8) is 0 Å². The standard InChI is InChI=1S/C42H50FN9O5S.C7H14O/c1-49(25-53)36-32(50(2)33-9-10-34(54)46-38(33)55)8-7-31(35(36)43)52-17-11-26(12-18-52)24-51-19-15-41(16-20-51)21-29(22-41)58(57)28-5-3-27(4-6-28)45-40-44-23-30-37(48-40)47-39(56)42(30)13-14-42;1-7(8)5-3-2-4-6-7/h3-8,23,25-26,29,33H,9-22,24H2,1-2H3,(H,46,54,55)(H2,44,45,47,48,56);8H,2-6H2,1H3. The second-order valence-electron chi connectivity index (χ2n) is 20.3. The van der Waals surface area contributed by atoms with Crippen LogP contribution in [0.2, 0.25) is 0 Å². The van der Waals surface area contributed by atoms with Crippen LogP contribution in [0.3, 0.4) is 0 Å². The van der Waals surface area contributed by atoms with E-state index in [1.54, 1.807) is 30.3 Å². The molecule has 3 saturated carbocycles. The summed E-state index contributed by atoms with van der Waals surface area (Å²) in [4.78, 5) is 65.8. The van der Waals surface area contributed by atoms with Crippen LogP contribution in [0.25, 0.3) is 0 Å². The van der Waals surface area contributed by atoms with Crippen molar-refractivity contribution < 1.29 is 32.9 Å². The first kappa shape index (κ1) is 46.1. The predicted molar refractivity (Wildman–Crippen MR) is 253 cm³/mol. The summed E-state index contributed by atoms with van der Waals surface area (Å²) in [7, 11) is 2.12. The third-order valence-electron chi connectivity index (χ3n) is 15.6. The highest BCUT2D eigenvalue weighted by atomic mass is 32.2. The summed E-state index contributed by atoms with van der Waals surface area (Å²) in [5.74, 6) is 0.273. The van der Waals surface area contributed by atoms with Crippen LogP contribution in [0.15, 0.2) is 47.5 Å². The van der Waals surface area contributed by atoms with Crippen molar-refractivity contribution >= 4 is 69.4 Å². The lowest BCUT2D eigenvalue weighted by Gasteiger charge is -2.52. The molecule has 17 heteroatoms. The summed E-state index contributed by atoms with van der Waals surface area (Å²) in [6.45, 7) is 6.44. The maximum atomic E-state index is 16.3. The van der Waals surface area contributed by atoms with Crippen LogP contribution < -0.4 is 30.7 Å². The van der Waals surface area contributed by atoms with Gasteiger partial charge >= 0.3 is 0 Å². The number of benzene rings is 2. The van der Waals surface area contributed by atoms with E-state index in [4.69, 9.17) is 0 Å². The minimum atomic E-state index is -1.08. The quantitative estimate of drug-likeness (QED) is 0.128. The Morgan fingerprint density at radius 1 is 0.924 bits per heavy atom. The second-order valence-corrected chi connectivity index (χ2v) is 22.1. The van der Waals surface area contributed by atoms with E-state index in [1.807, 2.05) is 31.2 Å². The van der Waals surface area contributed by atoms with E-state index in [-0.39, 0.29) is 40.2 Å². The zero-order valence-electron chi connectivity index (χ0n) is 38.5. The molecular formula is C49H64FN9O6S. The van der Waals surface area contributed by atoms with E-state index in [0.717, 1.165) is 100.0 Å². The molecular weight excluding hydrogens is 862 g/mol. The number of anilines is 6. The maximum absolute atomic E-state index is 16.3. The molecule has 2 unspecified atom stereocenters. The first-order valence-electron chi connectivity index (χ1n) is 23.9. The molecule has 2 aromatic carbocycles. The molecule has 3 saturated heterocycles. The number of aromatic nitrogens is 2. The summed E-state index contributed by atoms with van der Waals surface area (Å²) in [5.41, 5.74) is 2.19. The normalized spacial score (nSPS) is 23.7. The summed E-state index contributed by atoms with van der Waals surface area (Å²) in [5, 5.41) is 18.0. The van der Waals surface area contributed by atoms with Gasteiger partial charge in [0.15, 0.2) is 5.82 Å². The summed E-state index contributed by atoms with van der Waals surface area (Å²) in [6, 6.07) is 10.5. The molecule has 4 amide bonds. The van der Waals surface area contributed by atoms with Gasteiger partial charge in [-0.15, -0.1) is 0 Å². The Hall–Kier alpha value is -5.00. The second kappa shape index (κ2) is 18.6. The monoisotopic (exact) mass is 925 g/mol. The van der Waals surface area contributed by atoms with E-state index >= 15 is 4.39 Å². The Labute approximate surface area is 389 Å². The van der Waals surface area contributed by atoms with E-state index < -0.39 is 34.0 Å². The van der Waals surface area contributed by atoms with Crippen molar-refractivity contribution in [2.75, 3.05) is 72.2 Å². The first-order valence-corrected chi connectivity index (χ1v) is 25.1. The van der Waals surface area contributed by atoms with Gasteiger partial charge in [0.25, 0.3) is 0 Å². The largest absolute Gasteiger partial charge is 0.390 e. The van der Waals surface area contributed by atoms with Crippen LogP contribution in [0.5, 0.6) is 0 Å². The molecule has 66 heavy (non-hydrogen) atoms. The van der Waals surface area contributed by atoms with Crippen LogP contribution in [-0.2, 0) is 35.4 Å². The number of carbonyl (C=O) groups is 4. The summed E-state index contributed by atoms with van der Waals surface area (Å²) < 4.78 is 29.9. The first-order chi connectivity index (χ1) is 31.7. The van der Waals surface area contributed by atoms with Gasteiger partial charge in [0.2, 0.25) is 30.1 Å². The molecule has 15 nitrogen and oxygen atoms in total. The van der Waals surface area contributed by atoms with E-state index in [1.165, 1.54) is 31.2 Å². The van der Waals surface area contributed by atoms with Crippen molar-refractivity contribution in [1.82, 2.24) is 20.2 Å². The minimum Gasteiger partial charge on any atom is -0.390 e. The third-order valence-corrected chi connectivity index (χ3v) is 17.3. The van der Waals surface area contributed by atoms with Gasteiger partial charge in [-0.1, -0.05) is 19.3 Å². The average Bonchev–Trinajstić information content (AvgIpc) is 4.06. The van der Waals surface area contributed by atoms with Crippen LogP contribution >= 0.6 is 0 Å². The number of hydrogen-bond donors (Lipinski definition) is 4. The maximum Gasteiger partial charge on any atom is 0.249 e. The summed E-state index contributed by atoms with van der Waals surface area (Å²) >= 11 is 0. The predicted octanol–water partition coefficient (Wildman–Crippen LogP) is 6.15. The fraction of sp³-hybridized carbons (Fsp3) is 0.592. The number of likely N-dealkylation sites (tertiary alicyclic amines) is 1. The number of likely N-dealkylation sites (N-methyl/N-ethyl adjacent to an activating group) is 1. The molecule has 3 aromatic rings. The van der Waals surface area contributed by atoms with Crippen molar-refractivity contribution in [2.45, 2.75) is 130 Å². The van der Waals surface area contributed by atoms with Gasteiger partial charge in [0, 0.05) is 67.7 Å². The zero-order valence-corrected chi connectivity index (χ0v) is 39.3. The molecule has 5 heterocycles. The SMILES string of the molecule is CC1(O)CCCCC1.CN(C=O)c1c(N(C)C2CCC(=O)NC2=O)ccc(N2CCC(CN3CCC4(CC3)CC(S(=O)c3ccc(Nc5ncc6c(n5)NC(=O)C65CC5)cc3)C4)CC2)c1F. The van der Waals surface area contributed by atoms with Crippen LogP contribution in [-0.4, -0.2) is 112 Å². The molecule has 3 aliphatic carbocycles. The number of nitrogens with one attached hydrogen (secondary N) is 3. The van der Waals surface area contributed by atoms with Gasteiger partial charge in [-0.3, -0.25) is 28.7 Å². The molecule has 0 bridgehead atoms. The van der Waals surface area contributed by atoms with Gasteiger partial charge in [-0.2, -0.15) is 4.98 Å². The molecule has 354 valence electrons. The number of halogens is 1. The lowest BCUT2D eigenvalue weighted by molar-refractivity contribution is -0.134. The lowest BCUT2D eigenvalue weighted by atomic mass is 9.63. The highest BCUT2D eigenvalue weighted by Gasteiger charge is 2.57. The number of amides is 4. The van der Waals surface area contributed by atoms with Crippen LogP contribution in [0, 0.1) is 17.2 Å². The molecule has 6 fully saturated rings. The number of piperidine rings is 3.